The molecule has 0 aliphatic heterocycles. The molecule has 0 radical (unpaired) electrons. The molecule has 0 aromatic rings. The van der Waals surface area contributed by atoms with Crippen LogP contribution < -0.4 is 0 Å². The normalized spacial score (nSPS) is 39.2. The van der Waals surface area contributed by atoms with Gasteiger partial charge in [-0.1, -0.05) is 17.2 Å². The highest BCUT2D eigenvalue weighted by Gasteiger charge is 2.68. The van der Waals surface area contributed by atoms with Crippen LogP contribution >= 0.6 is 0 Å². The summed E-state index contributed by atoms with van der Waals surface area (Å²) in [6.45, 7) is 23.5. The van der Waals surface area contributed by atoms with E-state index in [2.05, 4.69) is 65.8 Å². The Morgan fingerprint density at radius 3 is 2.10 bits per heavy atom. The highest BCUT2D eigenvalue weighted by Crippen LogP contribution is 2.66. The highest BCUT2D eigenvalue weighted by molar-refractivity contribution is 6.70. The lowest BCUT2D eigenvalue weighted by Crippen LogP contribution is -2.63. The molecule has 0 bridgehead atoms. The third kappa shape index (κ3) is 7.08. The lowest BCUT2D eigenvalue weighted by atomic mass is 9.48. The molecule has 10 heteroatoms. The molecule has 41 heavy (non-hydrogen) atoms. The maximum absolute atomic E-state index is 7.37. The minimum Gasteiger partial charge on any atom is -0.415 e. The predicted octanol–water partition coefficient (Wildman–Crippen LogP) is 7.92. The Hall–Kier alpha value is -0.529. The van der Waals surface area contributed by atoms with Crippen LogP contribution in [-0.4, -0.2) is 68.9 Å². The third-order valence-electron chi connectivity index (χ3n) is 10.3. The Morgan fingerprint density at radius 1 is 0.829 bits per heavy atom. The van der Waals surface area contributed by atoms with Gasteiger partial charge in [-0.25, -0.2) is 0 Å². The van der Waals surface area contributed by atoms with Gasteiger partial charge >= 0.3 is 0 Å². The molecule has 4 unspecified atom stereocenters. The molecule has 236 valence electrons. The zero-order valence-electron chi connectivity index (χ0n) is 28.3. The Morgan fingerprint density at radius 2 is 1.51 bits per heavy atom. The minimum atomic E-state index is -1.99. The Balaban J connectivity index is 1.71. The summed E-state index contributed by atoms with van der Waals surface area (Å²) in [5.41, 5.74) is 1.50. The molecule has 0 spiro atoms. The van der Waals surface area contributed by atoms with E-state index in [4.69, 9.17) is 33.3 Å². The first kappa shape index (κ1) is 33.4. The van der Waals surface area contributed by atoms with Gasteiger partial charge in [0.25, 0.3) is 0 Å². The summed E-state index contributed by atoms with van der Waals surface area (Å²) in [5.74, 6) is 3.02. The second kappa shape index (κ2) is 12.1. The SMILES string of the molecule is CON=C1C[C@@]2(C)C(CC[C@]2(O[Si](C)(C)C)C(CO[Si](C)(C)C)=NOC)C2CC[C@@H]3C[C@H](O[Si](C)(C)C)CCC3C12. The number of hydrogen-bond acceptors (Lipinski definition) is 7. The predicted molar refractivity (Wildman–Crippen MR) is 176 cm³/mol. The summed E-state index contributed by atoms with van der Waals surface area (Å²) in [6, 6.07) is 0. The molecule has 4 rings (SSSR count). The molecule has 0 saturated heterocycles. The molecule has 4 saturated carbocycles. The molecule has 4 aliphatic rings. The van der Waals surface area contributed by atoms with Crippen molar-refractivity contribution in [2.24, 2.45) is 45.3 Å². The highest BCUT2D eigenvalue weighted by atomic mass is 28.4. The van der Waals surface area contributed by atoms with Gasteiger partial charge in [0.1, 0.15) is 25.5 Å². The Kier molecular flexibility index (Phi) is 9.85. The summed E-state index contributed by atoms with van der Waals surface area (Å²) < 4.78 is 20.5. The summed E-state index contributed by atoms with van der Waals surface area (Å²) in [7, 11) is -1.94. The van der Waals surface area contributed by atoms with E-state index in [1.807, 2.05) is 0 Å². The molecule has 4 fully saturated rings. The van der Waals surface area contributed by atoms with Gasteiger partial charge in [-0.05, 0) is 134 Å². The summed E-state index contributed by atoms with van der Waals surface area (Å²) in [6.07, 6.45) is 9.59. The molecular weight excluding hydrogens is 565 g/mol. The van der Waals surface area contributed by atoms with Gasteiger partial charge in [-0.2, -0.15) is 0 Å². The van der Waals surface area contributed by atoms with Crippen LogP contribution in [0, 0.1) is 35.0 Å². The third-order valence-corrected chi connectivity index (χ3v) is 13.3. The smallest absolute Gasteiger partial charge is 0.185 e. The molecule has 0 amide bonds. The number of rotatable bonds is 10. The van der Waals surface area contributed by atoms with Crippen LogP contribution in [-0.2, 0) is 23.0 Å². The largest absolute Gasteiger partial charge is 0.415 e. The number of nitrogens with zero attached hydrogens (tertiary/aromatic N) is 2. The summed E-state index contributed by atoms with van der Waals surface area (Å²) >= 11 is 0. The number of hydrogen-bond donors (Lipinski definition) is 0. The zero-order chi connectivity index (χ0) is 30.4. The van der Waals surface area contributed by atoms with Crippen LogP contribution in [0.4, 0.5) is 0 Å². The van der Waals surface area contributed by atoms with Crippen molar-refractivity contribution in [1.29, 1.82) is 0 Å². The van der Waals surface area contributed by atoms with Crippen LogP contribution in [0.5, 0.6) is 0 Å². The fourth-order valence-corrected chi connectivity index (χ4v) is 12.5. The van der Waals surface area contributed by atoms with Gasteiger partial charge in [0.2, 0.25) is 0 Å². The zero-order valence-corrected chi connectivity index (χ0v) is 31.3. The Bertz CT molecular complexity index is 988. The van der Waals surface area contributed by atoms with Gasteiger partial charge < -0.3 is 23.0 Å². The summed E-state index contributed by atoms with van der Waals surface area (Å²) in [4.78, 5) is 11.2. The first-order chi connectivity index (χ1) is 18.9. The van der Waals surface area contributed by atoms with Crippen LogP contribution in [0.25, 0.3) is 0 Å². The molecule has 8 atom stereocenters. The quantitative estimate of drug-likeness (QED) is 0.140. The lowest BCUT2D eigenvalue weighted by Gasteiger charge is -2.59. The first-order valence-corrected chi connectivity index (χ1v) is 26.4. The van der Waals surface area contributed by atoms with Crippen molar-refractivity contribution >= 4 is 36.4 Å². The van der Waals surface area contributed by atoms with Crippen molar-refractivity contribution < 1.29 is 23.0 Å². The van der Waals surface area contributed by atoms with E-state index in [-0.39, 0.29) is 5.41 Å². The van der Waals surface area contributed by atoms with Gasteiger partial charge in [0, 0.05) is 17.4 Å². The van der Waals surface area contributed by atoms with Gasteiger partial charge in [0.05, 0.1) is 12.3 Å². The van der Waals surface area contributed by atoms with E-state index in [1.54, 1.807) is 14.2 Å². The van der Waals surface area contributed by atoms with Crippen LogP contribution in [0.1, 0.15) is 58.3 Å². The van der Waals surface area contributed by atoms with Crippen molar-refractivity contribution in [3.05, 3.63) is 0 Å². The molecule has 7 nitrogen and oxygen atoms in total. The van der Waals surface area contributed by atoms with Crippen molar-refractivity contribution in [2.75, 3.05) is 20.8 Å². The Labute approximate surface area is 253 Å². The van der Waals surface area contributed by atoms with Crippen LogP contribution in [0.15, 0.2) is 10.3 Å². The van der Waals surface area contributed by atoms with E-state index in [9.17, 15) is 0 Å². The average molecular weight is 625 g/mol. The number of oxime groups is 2. The van der Waals surface area contributed by atoms with Crippen molar-refractivity contribution in [3.63, 3.8) is 0 Å². The first-order valence-electron chi connectivity index (χ1n) is 16.2. The van der Waals surface area contributed by atoms with Gasteiger partial charge in [0.15, 0.2) is 25.0 Å². The van der Waals surface area contributed by atoms with E-state index < -0.39 is 30.6 Å². The topological polar surface area (TPSA) is 70.9 Å². The maximum atomic E-state index is 7.37. The molecule has 0 N–H and O–H groups in total. The van der Waals surface area contributed by atoms with E-state index in [1.165, 1.54) is 37.8 Å². The fourth-order valence-electron chi connectivity index (χ4n) is 9.27. The van der Waals surface area contributed by atoms with Crippen LogP contribution in [0.3, 0.4) is 0 Å². The second-order valence-corrected chi connectivity index (χ2v) is 29.9. The fraction of sp³-hybridized carbons (Fsp3) is 0.935. The van der Waals surface area contributed by atoms with E-state index in [0.29, 0.717) is 36.4 Å². The van der Waals surface area contributed by atoms with Gasteiger partial charge in [-0.3, -0.25) is 0 Å². The van der Waals surface area contributed by atoms with Crippen molar-refractivity contribution in [1.82, 2.24) is 0 Å². The maximum Gasteiger partial charge on any atom is 0.185 e. The second-order valence-electron chi connectivity index (χ2n) is 16.5. The molecule has 0 aromatic heterocycles. The molecular formula is C31H60N2O5Si3. The van der Waals surface area contributed by atoms with Crippen molar-refractivity contribution in [3.8, 4) is 0 Å². The molecule has 0 aromatic carbocycles. The van der Waals surface area contributed by atoms with E-state index in [0.717, 1.165) is 30.9 Å². The van der Waals surface area contributed by atoms with E-state index >= 15 is 0 Å². The van der Waals surface area contributed by atoms with Gasteiger partial charge in [-0.15, -0.1) is 0 Å². The summed E-state index contributed by atoms with van der Waals surface area (Å²) in [5, 5.41) is 9.56. The average Bonchev–Trinajstić information content (AvgIpc) is 3.11. The monoisotopic (exact) mass is 624 g/mol. The number of fused-ring (bicyclic) bond motifs is 5. The molecule has 4 aliphatic carbocycles. The standard InChI is InChI=1S/C31H60N2O5Si3/c1-30-20-27(32-34-2)29-24-16-14-23(37-40(7,8)9)19-22(24)13-15-25(29)26(30)17-18-31(30,38-41(10,11)12)28(33-35-3)21-36-39(4,5)6/h22-26,29H,13-21H2,1-12H3/t22-,23-,24?,25?,26?,29?,30+,31+/m1/s1. The lowest BCUT2D eigenvalue weighted by molar-refractivity contribution is -0.0618. The molecule has 0 heterocycles. The van der Waals surface area contributed by atoms with Crippen LogP contribution in [0.2, 0.25) is 58.9 Å². The van der Waals surface area contributed by atoms with Crippen molar-refractivity contribution in [2.45, 2.75) is 129 Å². The minimum absolute atomic E-state index is 0.156.